The first-order chi connectivity index (χ1) is 17.8. The molecule has 0 bridgehead atoms. The number of carbonyl (C=O) groups excluding carboxylic acids is 1. The quantitative estimate of drug-likeness (QED) is 0.268. The Bertz CT molecular complexity index is 1390. The average molecular weight is 525 g/mol. The highest BCUT2D eigenvalue weighted by Gasteiger charge is 2.20. The van der Waals surface area contributed by atoms with E-state index in [-0.39, 0.29) is 13.2 Å². The van der Waals surface area contributed by atoms with Crippen LogP contribution >= 0.6 is 11.8 Å². The zero-order valence-corrected chi connectivity index (χ0v) is 20.5. The number of aliphatic carboxylic acids is 1. The highest BCUT2D eigenvalue weighted by molar-refractivity contribution is 7.98. The maximum Gasteiger partial charge on any atom is 0.323 e. The molecule has 0 unspecified atom stereocenters. The molecule has 0 spiro atoms. The molecule has 4 aromatic rings. The van der Waals surface area contributed by atoms with Gasteiger partial charge < -0.3 is 19.2 Å². The van der Waals surface area contributed by atoms with Gasteiger partial charge in [0, 0.05) is 10.5 Å². The molecule has 0 aliphatic carbocycles. The van der Waals surface area contributed by atoms with Crippen molar-refractivity contribution in [2.45, 2.75) is 18.0 Å². The van der Waals surface area contributed by atoms with E-state index < -0.39 is 30.1 Å². The van der Waals surface area contributed by atoms with Gasteiger partial charge in [-0.1, -0.05) is 24.3 Å². The van der Waals surface area contributed by atoms with Crippen LogP contribution in [0.1, 0.15) is 21.6 Å². The third-order valence-corrected chi connectivity index (χ3v) is 6.21. The molecule has 0 radical (unpaired) electrons. The molecule has 3 aromatic carbocycles. The number of oxazole rings is 1. The summed E-state index contributed by atoms with van der Waals surface area (Å²) in [5, 5.41) is 9.23. The number of hydrogen-bond donors (Lipinski definition) is 1. The van der Waals surface area contributed by atoms with E-state index in [1.165, 1.54) is 41.5 Å². The molecule has 0 aliphatic rings. The number of carbonyl (C=O) groups is 2. The fraction of sp³-hybridized carbons (Fsp3) is 0.148. The van der Waals surface area contributed by atoms with Gasteiger partial charge in [0.25, 0.3) is 5.91 Å². The Balaban J connectivity index is 1.45. The van der Waals surface area contributed by atoms with Crippen LogP contribution in [0.25, 0.3) is 11.1 Å². The number of aromatic nitrogens is 1. The predicted molar refractivity (Wildman–Crippen MR) is 133 cm³/mol. The van der Waals surface area contributed by atoms with Crippen molar-refractivity contribution in [3.8, 4) is 16.9 Å². The van der Waals surface area contributed by atoms with Crippen molar-refractivity contribution in [1.82, 2.24) is 9.88 Å². The van der Waals surface area contributed by atoms with Crippen LogP contribution in [-0.4, -0.2) is 39.7 Å². The second-order valence-corrected chi connectivity index (χ2v) is 8.86. The van der Waals surface area contributed by atoms with Gasteiger partial charge >= 0.3 is 5.97 Å². The molecule has 37 heavy (non-hydrogen) atoms. The zero-order chi connectivity index (χ0) is 26.4. The smallest absolute Gasteiger partial charge is 0.323 e. The molecule has 1 amide bonds. The standard InChI is InChI=1S/C27H22F2N2O5S/c1-37-25-11-24(29)23(28)10-22(25)18-5-7-21(8-6-18)36-14-17-3-2-4-19(9-17)27(34)31(13-26(32)33)12-20-15-35-16-30-20/h2-11,15-16H,12-14H2,1H3,(H,32,33). The summed E-state index contributed by atoms with van der Waals surface area (Å²) in [7, 11) is 0. The van der Waals surface area contributed by atoms with Crippen LogP contribution in [0.4, 0.5) is 8.78 Å². The van der Waals surface area contributed by atoms with Gasteiger partial charge in [0.1, 0.15) is 25.2 Å². The molecule has 0 fully saturated rings. The number of hydrogen-bond acceptors (Lipinski definition) is 6. The minimum Gasteiger partial charge on any atom is -0.489 e. The van der Waals surface area contributed by atoms with Crippen molar-refractivity contribution >= 4 is 23.6 Å². The van der Waals surface area contributed by atoms with Gasteiger partial charge in [0.2, 0.25) is 0 Å². The van der Waals surface area contributed by atoms with Gasteiger partial charge in [0.15, 0.2) is 18.0 Å². The molecular formula is C27H22F2N2O5S. The van der Waals surface area contributed by atoms with Crippen LogP contribution in [0, 0.1) is 11.6 Å². The lowest BCUT2D eigenvalue weighted by Gasteiger charge is -2.20. The first-order valence-corrected chi connectivity index (χ1v) is 12.3. The predicted octanol–water partition coefficient (Wildman–Crippen LogP) is 5.65. The molecule has 0 saturated heterocycles. The molecule has 0 aliphatic heterocycles. The fourth-order valence-electron chi connectivity index (χ4n) is 3.67. The molecule has 1 heterocycles. The molecular weight excluding hydrogens is 502 g/mol. The Labute approximate surface area is 215 Å². The van der Waals surface area contributed by atoms with E-state index in [1.54, 1.807) is 54.8 Å². The van der Waals surface area contributed by atoms with E-state index in [0.717, 1.165) is 0 Å². The topological polar surface area (TPSA) is 92.9 Å². The average Bonchev–Trinajstić information content (AvgIpc) is 3.41. The summed E-state index contributed by atoms with van der Waals surface area (Å²) < 4.78 is 38.1. The van der Waals surface area contributed by atoms with Crippen LogP contribution in [0.3, 0.4) is 0 Å². The third-order valence-electron chi connectivity index (χ3n) is 5.44. The third kappa shape index (κ3) is 6.53. The normalized spacial score (nSPS) is 10.8. The van der Waals surface area contributed by atoms with Gasteiger partial charge in [-0.2, -0.15) is 0 Å². The van der Waals surface area contributed by atoms with Crippen molar-refractivity contribution in [2.75, 3.05) is 12.8 Å². The molecule has 0 saturated carbocycles. The number of ether oxygens (including phenoxy) is 1. The van der Waals surface area contributed by atoms with E-state index in [9.17, 15) is 23.5 Å². The minimum absolute atomic E-state index is 0.00901. The van der Waals surface area contributed by atoms with Gasteiger partial charge in [-0.3, -0.25) is 9.59 Å². The van der Waals surface area contributed by atoms with Crippen LogP contribution in [-0.2, 0) is 17.9 Å². The van der Waals surface area contributed by atoms with E-state index in [0.29, 0.717) is 38.6 Å². The maximum atomic E-state index is 13.8. The molecule has 4 rings (SSSR count). The summed E-state index contributed by atoms with van der Waals surface area (Å²) in [6, 6.07) is 16.0. The minimum atomic E-state index is -1.15. The van der Waals surface area contributed by atoms with Crippen molar-refractivity contribution in [3.63, 3.8) is 0 Å². The first kappa shape index (κ1) is 25.9. The number of halogens is 2. The summed E-state index contributed by atoms with van der Waals surface area (Å²) in [5.74, 6) is -2.86. The lowest BCUT2D eigenvalue weighted by Crippen LogP contribution is -2.35. The van der Waals surface area contributed by atoms with Crippen molar-refractivity contribution < 1.29 is 32.6 Å². The summed E-state index contributed by atoms with van der Waals surface area (Å²) in [5.41, 5.74) is 2.75. The number of carboxylic acids is 1. The largest absolute Gasteiger partial charge is 0.489 e. The van der Waals surface area contributed by atoms with Crippen LogP contribution < -0.4 is 4.74 Å². The van der Waals surface area contributed by atoms with E-state index in [2.05, 4.69) is 4.98 Å². The van der Waals surface area contributed by atoms with Gasteiger partial charge in [0.05, 0.1) is 12.2 Å². The molecule has 1 N–H and O–H groups in total. The Kier molecular flexibility index (Phi) is 8.19. The molecule has 1 aromatic heterocycles. The van der Waals surface area contributed by atoms with Gasteiger partial charge in [-0.05, 0) is 59.3 Å². The van der Waals surface area contributed by atoms with Gasteiger partial charge in [-0.25, -0.2) is 13.8 Å². The van der Waals surface area contributed by atoms with Crippen molar-refractivity contribution in [2.24, 2.45) is 0 Å². The van der Waals surface area contributed by atoms with E-state index in [1.807, 2.05) is 0 Å². The Morgan fingerprint density at radius 1 is 1.08 bits per heavy atom. The molecule has 190 valence electrons. The number of amides is 1. The Hall–Kier alpha value is -4.18. The van der Waals surface area contributed by atoms with Crippen molar-refractivity contribution in [3.05, 3.63) is 102 Å². The van der Waals surface area contributed by atoms with Gasteiger partial charge in [-0.15, -0.1) is 11.8 Å². The number of nitrogens with zero attached hydrogens (tertiary/aromatic N) is 2. The molecule has 7 nitrogen and oxygen atoms in total. The highest BCUT2D eigenvalue weighted by atomic mass is 32.2. The Morgan fingerprint density at radius 3 is 2.51 bits per heavy atom. The maximum absolute atomic E-state index is 13.8. The second kappa shape index (κ2) is 11.7. The molecule has 0 atom stereocenters. The number of thioether (sulfide) groups is 1. The summed E-state index contributed by atoms with van der Waals surface area (Å²) in [4.78, 5) is 30.0. The summed E-state index contributed by atoms with van der Waals surface area (Å²) in [6.45, 7) is -0.343. The Morgan fingerprint density at radius 2 is 1.84 bits per heavy atom. The van der Waals surface area contributed by atoms with Crippen LogP contribution in [0.2, 0.25) is 0 Å². The fourth-order valence-corrected chi connectivity index (χ4v) is 4.29. The van der Waals surface area contributed by atoms with E-state index in [4.69, 9.17) is 9.15 Å². The second-order valence-electron chi connectivity index (χ2n) is 8.01. The summed E-state index contributed by atoms with van der Waals surface area (Å²) in [6.07, 6.45) is 4.36. The SMILES string of the molecule is CSc1cc(F)c(F)cc1-c1ccc(OCc2cccc(C(=O)N(CC(=O)O)Cc3cocn3)c2)cc1. The first-order valence-electron chi connectivity index (χ1n) is 11.1. The highest BCUT2D eigenvalue weighted by Crippen LogP contribution is 2.33. The van der Waals surface area contributed by atoms with Crippen LogP contribution in [0.15, 0.2) is 82.6 Å². The lowest BCUT2D eigenvalue weighted by molar-refractivity contribution is -0.137. The number of rotatable bonds is 10. The zero-order valence-electron chi connectivity index (χ0n) is 19.7. The van der Waals surface area contributed by atoms with Crippen LogP contribution in [0.5, 0.6) is 5.75 Å². The summed E-state index contributed by atoms with van der Waals surface area (Å²) >= 11 is 1.32. The lowest BCUT2D eigenvalue weighted by atomic mass is 10.1. The number of benzene rings is 3. The molecule has 10 heteroatoms. The number of carboxylic acid groups (broad SMARTS) is 1. The van der Waals surface area contributed by atoms with E-state index >= 15 is 0 Å². The van der Waals surface area contributed by atoms with Crippen molar-refractivity contribution in [1.29, 1.82) is 0 Å². The monoisotopic (exact) mass is 524 g/mol.